The van der Waals surface area contributed by atoms with E-state index in [1.807, 2.05) is 55.5 Å². The minimum absolute atomic E-state index is 0.101. The molecule has 1 aliphatic heterocycles. The number of hydrogen-bond donors (Lipinski definition) is 2. The van der Waals surface area contributed by atoms with E-state index in [0.717, 1.165) is 39.5 Å². The molecule has 0 saturated heterocycles. The molecular formula is C26H21N5O4S. The van der Waals surface area contributed by atoms with Gasteiger partial charge in [-0.1, -0.05) is 59.4 Å². The van der Waals surface area contributed by atoms with Gasteiger partial charge in [0, 0.05) is 29.8 Å². The zero-order valence-electron chi connectivity index (χ0n) is 19.2. The number of anilines is 2. The number of thiazole rings is 1. The maximum Gasteiger partial charge on any atom is 0.271 e. The van der Waals surface area contributed by atoms with Crippen LogP contribution in [0.1, 0.15) is 38.9 Å². The molecule has 3 aromatic carbocycles. The standard InChI is InChI=1S/C26H21N5O4S/c1-16-10-11-22-20(12-16)21(14-23(35-22)17-6-3-2-4-7-17)29-30-26-27-15-24(36-26)25(32)28-18-8-5-9-19(13-18)31(33)34/h2-13,15,23H,14H2,1H3,(H,27,30)(H,28,32)/b29-21+. The lowest BCUT2D eigenvalue weighted by atomic mass is 9.94. The highest BCUT2D eigenvalue weighted by Gasteiger charge is 2.26. The third-order valence-corrected chi connectivity index (χ3v) is 6.50. The molecule has 0 radical (unpaired) electrons. The molecule has 10 heteroatoms. The van der Waals surface area contributed by atoms with Crippen molar-refractivity contribution in [2.24, 2.45) is 5.10 Å². The number of nitrogens with one attached hydrogen (secondary N) is 2. The predicted octanol–water partition coefficient (Wildman–Crippen LogP) is 5.95. The van der Waals surface area contributed by atoms with E-state index < -0.39 is 10.8 Å². The van der Waals surface area contributed by atoms with Gasteiger partial charge in [0.1, 0.15) is 16.7 Å². The van der Waals surface area contributed by atoms with Crippen LogP contribution in [0.3, 0.4) is 0 Å². The van der Waals surface area contributed by atoms with Gasteiger partial charge in [0.2, 0.25) is 5.13 Å². The number of ether oxygens (including phenoxy) is 1. The van der Waals surface area contributed by atoms with Crippen LogP contribution in [-0.2, 0) is 0 Å². The topological polar surface area (TPSA) is 119 Å². The van der Waals surface area contributed by atoms with E-state index in [1.54, 1.807) is 6.07 Å². The van der Waals surface area contributed by atoms with Crippen LogP contribution in [0.5, 0.6) is 5.75 Å². The van der Waals surface area contributed by atoms with Gasteiger partial charge in [-0.25, -0.2) is 4.98 Å². The van der Waals surface area contributed by atoms with Crippen molar-refractivity contribution in [3.63, 3.8) is 0 Å². The number of hydrazone groups is 1. The highest BCUT2D eigenvalue weighted by molar-refractivity contribution is 7.17. The van der Waals surface area contributed by atoms with Gasteiger partial charge in [-0.15, -0.1) is 0 Å². The molecule has 1 amide bonds. The Labute approximate surface area is 210 Å². The third kappa shape index (κ3) is 5.08. The summed E-state index contributed by atoms with van der Waals surface area (Å²) in [4.78, 5) is 27.7. The molecule has 1 aliphatic rings. The second-order valence-electron chi connectivity index (χ2n) is 8.18. The van der Waals surface area contributed by atoms with E-state index in [0.29, 0.717) is 22.1 Å². The zero-order valence-corrected chi connectivity index (χ0v) is 20.0. The predicted molar refractivity (Wildman–Crippen MR) is 139 cm³/mol. The minimum Gasteiger partial charge on any atom is -0.485 e. The van der Waals surface area contributed by atoms with Gasteiger partial charge in [0.05, 0.1) is 16.8 Å². The zero-order chi connectivity index (χ0) is 25.1. The number of fused-ring (bicyclic) bond motifs is 1. The summed E-state index contributed by atoms with van der Waals surface area (Å²) < 4.78 is 6.25. The summed E-state index contributed by atoms with van der Waals surface area (Å²) >= 11 is 1.13. The molecule has 0 saturated carbocycles. The lowest BCUT2D eigenvalue weighted by Gasteiger charge is -2.27. The average Bonchev–Trinajstić information content (AvgIpc) is 3.37. The van der Waals surface area contributed by atoms with Crippen molar-refractivity contribution < 1.29 is 14.5 Å². The smallest absolute Gasteiger partial charge is 0.271 e. The number of non-ortho nitro benzene ring substituents is 1. The number of aromatic nitrogens is 1. The van der Waals surface area contributed by atoms with Crippen molar-refractivity contribution in [2.75, 3.05) is 10.7 Å². The number of carbonyl (C=O) groups excluding carboxylic acids is 1. The highest BCUT2D eigenvalue weighted by Crippen LogP contribution is 2.36. The lowest BCUT2D eigenvalue weighted by molar-refractivity contribution is -0.384. The Morgan fingerprint density at radius 1 is 1.14 bits per heavy atom. The minimum atomic E-state index is -0.512. The lowest BCUT2D eigenvalue weighted by Crippen LogP contribution is -2.22. The van der Waals surface area contributed by atoms with Crippen LogP contribution in [0.25, 0.3) is 0 Å². The number of amides is 1. The molecule has 0 fully saturated rings. The number of nitro groups is 1. The quantitative estimate of drug-likeness (QED) is 0.250. The number of rotatable bonds is 6. The average molecular weight is 500 g/mol. The van der Waals surface area contributed by atoms with Crippen LogP contribution in [0.2, 0.25) is 0 Å². The number of hydrogen-bond acceptors (Lipinski definition) is 8. The fraction of sp³-hybridized carbons (Fsp3) is 0.115. The Bertz CT molecular complexity index is 1470. The molecule has 1 atom stereocenters. The number of nitrogens with zero attached hydrogens (tertiary/aromatic N) is 3. The van der Waals surface area contributed by atoms with Gasteiger partial charge in [0.25, 0.3) is 11.6 Å². The normalized spacial score (nSPS) is 15.6. The molecule has 0 bridgehead atoms. The van der Waals surface area contributed by atoms with E-state index in [-0.39, 0.29) is 11.8 Å². The Hall–Kier alpha value is -4.57. The first-order valence-electron chi connectivity index (χ1n) is 11.1. The van der Waals surface area contributed by atoms with Crippen LogP contribution in [0.15, 0.2) is 84.1 Å². The molecule has 4 aromatic rings. The molecule has 2 heterocycles. The van der Waals surface area contributed by atoms with Gasteiger partial charge < -0.3 is 10.1 Å². The van der Waals surface area contributed by atoms with Crippen molar-refractivity contribution in [1.29, 1.82) is 0 Å². The van der Waals surface area contributed by atoms with Crippen LogP contribution in [0, 0.1) is 17.0 Å². The van der Waals surface area contributed by atoms with Crippen molar-refractivity contribution in [1.82, 2.24) is 4.98 Å². The Balaban J connectivity index is 1.34. The van der Waals surface area contributed by atoms with Crippen molar-refractivity contribution in [3.8, 4) is 5.75 Å². The first-order chi connectivity index (χ1) is 17.5. The van der Waals surface area contributed by atoms with Gasteiger partial charge in [-0.2, -0.15) is 5.10 Å². The highest BCUT2D eigenvalue weighted by atomic mass is 32.1. The van der Waals surface area contributed by atoms with Gasteiger partial charge in [0.15, 0.2) is 0 Å². The summed E-state index contributed by atoms with van der Waals surface area (Å²) in [5, 5.41) is 18.7. The summed E-state index contributed by atoms with van der Waals surface area (Å²) in [6.07, 6.45) is 1.84. The van der Waals surface area contributed by atoms with Gasteiger partial charge in [-0.3, -0.25) is 20.3 Å². The first kappa shape index (κ1) is 23.2. The monoisotopic (exact) mass is 499 g/mol. The number of nitro benzene ring substituents is 1. The molecule has 0 spiro atoms. The van der Waals surface area contributed by atoms with Crippen LogP contribution < -0.4 is 15.5 Å². The third-order valence-electron chi connectivity index (χ3n) is 5.60. The molecule has 9 nitrogen and oxygen atoms in total. The maximum absolute atomic E-state index is 12.6. The first-order valence-corrected chi connectivity index (χ1v) is 11.9. The molecule has 5 rings (SSSR count). The molecule has 2 N–H and O–H groups in total. The van der Waals surface area contributed by atoms with Crippen molar-refractivity contribution in [2.45, 2.75) is 19.4 Å². The molecule has 180 valence electrons. The molecular weight excluding hydrogens is 478 g/mol. The molecule has 1 aromatic heterocycles. The molecule has 36 heavy (non-hydrogen) atoms. The molecule has 1 unspecified atom stereocenters. The Kier molecular flexibility index (Phi) is 6.42. The summed E-state index contributed by atoms with van der Waals surface area (Å²) in [7, 11) is 0. The van der Waals surface area contributed by atoms with Crippen LogP contribution in [-0.4, -0.2) is 21.5 Å². The van der Waals surface area contributed by atoms with E-state index in [1.165, 1.54) is 24.4 Å². The fourth-order valence-corrected chi connectivity index (χ4v) is 4.50. The second kappa shape index (κ2) is 9.96. The summed E-state index contributed by atoms with van der Waals surface area (Å²) in [6, 6.07) is 21.8. The molecule has 0 aliphatic carbocycles. The van der Waals surface area contributed by atoms with E-state index in [2.05, 4.69) is 20.8 Å². The SMILES string of the molecule is Cc1ccc2c(c1)/C(=N/Nc1ncc(C(=O)Nc3cccc([N+](=O)[O-])c3)s1)CC(c1ccccc1)O2. The largest absolute Gasteiger partial charge is 0.485 e. The Morgan fingerprint density at radius 2 is 1.97 bits per heavy atom. The summed E-state index contributed by atoms with van der Waals surface area (Å²) in [6.45, 7) is 2.02. The number of carbonyl (C=O) groups is 1. The Morgan fingerprint density at radius 3 is 2.78 bits per heavy atom. The van der Waals surface area contributed by atoms with Crippen LogP contribution >= 0.6 is 11.3 Å². The fourth-order valence-electron chi connectivity index (χ4n) is 3.85. The number of benzene rings is 3. The number of aryl methyl sites for hydroxylation is 1. The van der Waals surface area contributed by atoms with E-state index in [4.69, 9.17) is 4.74 Å². The van der Waals surface area contributed by atoms with E-state index >= 15 is 0 Å². The maximum atomic E-state index is 12.6. The summed E-state index contributed by atoms with van der Waals surface area (Å²) in [5.74, 6) is 0.349. The second-order valence-corrected chi connectivity index (χ2v) is 9.21. The van der Waals surface area contributed by atoms with Crippen molar-refractivity contribution in [3.05, 3.63) is 111 Å². The van der Waals surface area contributed by atoms with Crippen molar-refractivity contribution >= 4 is 39.5 Å². The van der Waals surface area contributed by atoms with Crippen LogP contribution in [0.4, 0.5) is 16.5 Å². The van der Waals surface area contributed by atoms with Gasteiger partial charge in [-0.05, 0) is 30.7 Å². The van der Waals surface area contributed by atoms with E-state index in [9.17, 15) is 14.9 Å². The summed E-state index contributed by atoms with van der Waals surface area (Å²) in [5.41, 5.74) is 7.10. The van der Waals surface area contributed by atoms with Gasteiger partial charge >= 0.3 is 0 Å².